The number of hydrogen-bond acceptors (Lipinski definition) is 7. The highest BCUT2D eigenvalue weighted by molar-refractivity contribution is 5.99. The number of rotatable bonds is 6. The van der Waals surface area contributed by atoms with E-state index in [1.54, 1.807) is 57.0 Å². The lowest BCUT2D eigenvalue weighted by Gasteiger charge is -2.39. The van der Waals surface area contributed by atoms with Crippen LogP contribution in [0.1, 0.15) is 71.2 Å². The highest BCUT2D eigenvalue weighted by Crippen LogP contribution is 2.34. The first-order valence-electron chi connectivity index (χ1n) is 14.5. The Balaban J connectivity index is 1.32. The summed E-state index contributed by atoms with van der Waals surface area (Å²) in [5, 5.41) is 2.43. The van der Waals surface area contributed by atoms with Gasteiger partial charge in [-0.15, -0.1) is 0 Å². The molecule has 238 valence electrons. The number of carbonyl (C=O) groups excluding carboxylic acids is 4. The maximum Gasteiger partial charge on any atom is 0.410 e. The molecule has 2 aliphatic heterocycles. The average molecular weight is 619 g/mol. The van der Waals surface area contributed by atoms with Crippen molar-refractivity contribution in [1.82, 2.24) is 20.1 Å². The molecule has 0 radical (unpaired) electrons. The van der Waals surface area contributed by atoms with E-state index in [2.05, 4.69) is 10.3 Å². The molecule has 2 aromatic rings. The Morgan fingerprint density at radius 1 is 0.886 bits per heavy atom. The number of ketones is 1. The molecule has 10 nitrogen and oxygen atoms in total. The van der Waals surface area contributed by atoms with Gasteiger partial charge in [0.2, 0.25) is 0 Å². The summed E-state index contributed by atoms with van der Waals surface area (Å²) in [6.45, 7) is 4.94. The van der Waals surface area contributed by atoms with E-state index in [0.29, 0.717) is 37.2 Å². The molecule has 0 bridgehead atoms. The van der Waals surface area contributed by atoms with Crippen LogP contribution in [0.3, 0.4) is 0 Å². The Kier molecular flexibility index (Phi) is 9.85. The molecule has 3 heterocycles. The molecule has 13 heteroatoms. The zero-order valence-electron chi connectivity index (χ0n) is 25.1. The molecule has 2 saturated heterocycles. The molecule has 1 aromatic carbocycles. The molecular formula is C31H37F3N4O6. The summed E-state index contributed by atoms with van der Waals surface area (Å²) in [7, 11) is 1.55. The monoisotopic (exact) mass is 618 g/mol. The number of piperidine rings is 2. The lowest BCUT2D eigenvalue weighted by molar-refractivity contribution is -0.191. The number of nitrogens with one attached hydrogen (secondary N) is 1. The molecular weight excluding hydrogens is 581 g/mol. The van der Waals surface area contributed by atoms with E-state index >= 15 is 0 Å². The fourth-order valence-corrected chi connectivity index (χ4v) is 5.35. The summed E-state index contributed by atoms with van der Waals surface area (Å²) in [5.74, 6) is -2.66. The second-order valence-corrected chi connectivity index (χ2v) is 12.0. The first-order valence-corrected chi connectivity index (χ1v) is 14.5. The van der Waals surface area contributed by atoms with Crippen molar-refractivity contribution in [1.29, 1.82) is 0 Å². The number of benzene rings is 1. The van der Waals surface area contributed by atoms with Crippen LogP contribution in [0.2, 0.25) is 0 Å². The predicted molar refractivity (Wildman–Crippen MR) is 153 cm³/mol. The van der Waals surface area contributed by atoms with Crippen molar-refractivity contribution >= 4 is 23.7 Å². The Labute approximate surface area is 253 Å². The topological polar surface area (TPSA) is 118 Å². The van der Waals surface area contributed by atoms with E-state index < -0.39 is 42.3 Å². The van der Waals surface area contributed by atoms with E-state index in [0.717, 1.165) is 11.1 Å². The summed E-state index contributed by atoms with van der Waals surface area (Å²) in [6, 6.07) is 8.33. The minimum atomic E-state index is -4.67. The summed E-state index contributed by atoms with van der Waals surface area (Å²) in [5.41, 5.74) is -0.188. The Morgan fingerprint density at radius 3 is 2.05 bits per heavy atom. The molecule has 0 spiro atoms. The number of alkyl halides is 3. The van der Waals surface area contributed by atoms with Crippen molar-refractivity contribution in [2.24, 2.45) is 11.8 Å². The van der Waals surface area contributed by atoms with Crippen LogP contribution in [0, 0.1) is 11.8 Å². The minimum Gasteiger partial charge on any atom is -0.497 e. The average Bonchev–Trinajstić information content (AvgIpc) is 2.99. The van der Waals surface area contributed by atoms with Gasteiger partial charge < -0.3 is 24.6 Å². The smallest absolute Gasteiger partial charge is 0.410 e. The lowest BCUT2D eigenvalue weighted by Crippen LogP contribution is -2.57. The van der Waals surface area contributed by atoms with Crippen molar-refractivity contribution in [3.8, 4) is 5.75 Å². The first kappa shape index (κ1) is 32.7. The largest absolute Gasteiger partial charge is 0.497 e. The van der Waals surface area contributed by atoms with Crippen molar-refractivity contribution in [2.45, 2.75) is 57.9 Å². The van der Waals surface area contributed by atoms with E-state index in [-0.39, 0.29) is 41.8 Å². The van der Waals surface area contributed by atoms with Gasteiger partial charge >= 0.3 is 12.3 Å². The number of likely N-dealkylation sites (tertiary alicyclic amines) is 2. The SMILES string of the molecule is COc1ccc(C(=O)C2CCN(C(=O)c3ccc(C(=O)N[C@H]4CCN(C(=O)OC(C)(C)C)C[C@H]4C(F)(F)F)cn3)CC2)cc1. The molecule has 1 aromatic heterocycles. The third-order valence-electron chi connectivity index (χ3n) is 7.77. The van der Waals surface area contributed by atoms with Gasteiger partial charge in [-0.25, -0.2) is 4.79 Å². The number of methoxy groups -OCH3 is 1. The summed E-state index contributed by atoms with van der Waals surface area (Å²) < 4.78 is 52.1. The zero-order chi connectivity index (χ0) is 32.2. The molecule has 0 aliphatic carbocycles. The van der Waals surface area contributed by atoms with Gasteiger partial charge in [0.05, 0.1) is 18.6 Å². The number of ether oxygens (including phenoxy) is 2. The van der Waals surface area contributed by atoms with Gasteiger partial charge in [-0.05, 0) is 76.4 Å². The normalized spacial score (nSPS) is 19.7. The highest BCUT2D eigenvalue weighted by Gasteiger charge is 2.49. The summed E-state index contributed by atoms with van der Waals surface area (Å²) >= 11 is 0. The maximum atomic E-state index is 13.9. The minimum absolute atomic E-state index is 0.000780. The summed E-state index contributed by atoms with van der Waals surface area (Å²) in [4.78, 5) is 57.8. The molecule has 0 saturated carbocycles. The van der Waals surface area contributed by atoms with Crippen LogP contribution < -0.4 is 10.1 Å². The van der Waals surface area contributed by atoms with Gasteiger partial charge in [0, 0.05) is 49.9 Å². The van der Waals surface area contributed by atoms with Crippen molar-refractivity contribution < 1.29 is 41.8 Å². The van der Waals surface area contributed by atoms with Crippen LogP contribution in [-0.2, 0) is 4.74 Å². The lowest BCUT2D eigenvalue weighted by atomic mass is 9.88. The van der Waals surface area contributed by atoms with E-state index in [9.17, 15) is 32.3 Å². The van der Waals surface area contributed by atoms with Crippen LogP contribution >= 0.6 is 0 Å². The number of pyridine rings is 1. The van der Waals surface area contributed by atoms with Crippen LogP contribution in [0.4, 0.5) is 18.0 Å². The zero-order valence-corrected chi connectivity index (χ0v) is 25.1. The molecule has 44 heavy (non-hydrogen) atoms. The van der Waals surface area contributed by atoms with Gasteiger partial charge in [-0.2, -0.15) is 13.2 Å². The number of hydrogen-bond donors (Lipinski definition) is 1. The first-order chi connectivity index (χ1) is 20.7. The quantitative estimate of drug-likeness (QED) is 0.465. The van der Waals surface area contributed by atoms with E-state index in [4.69, 9.17) is 9.47 Å². The Morgan fingerprint density at radius 2 is 1.50 bits per heavy atom. The number of nitrogens with zero attached hydrogens (tertiary/aromatic N) is 3. The second-order valence-electron chi connectivity index (χ2n) is 12.0. The third kappa shape index (κ3) is 8.06. The van der Waals surface area contributed by atoms with Gasteiger partial charge in [0.1, 0.15) is 17.0 Å². The molecule has 2 aliphatic rings. The molecule has 3 amide bonds. The van der Waals surface area contributed by atoms with Crippen molar-refractivity contribution in [3.05, 3.63) is 59.4 Å². The molecule has 4 rings (SSSR count). The number of carbonyl (C=O) groups is 4. The molecule has 2 fully saturated rings. The number of Topliss-reactive ketones (excluding diaryl/α,β-unsaturated/α-hetero) is 1. The van der Waals surface area contributed by atoms with Crippen LogP contribution in [0.15, 0.2) is 42.6 Å². The molecule has 2 atom stereocenters. The fraction of sp³-hybridized carbons (Fsp3) is 0.516. The standard InChI is InChI=1S/C31H37F3N4O6/c1-30(2,3)44-29(42)38-16-13-24(23(18-38)31(32,33)34)36-27(40)21-7-10-25(35-17-21)28(41)37-14-11-20(12-15-37)26(39)19-5-8-22(43-4)9-6-19/h5-10,17,20,23-24H,11-16,18H2,1-4H3,(H,36,40)/t23-,24+/m1/s1. The predicted octanol–water partition coefficient (Wildman–Crippen LogP) is 4.74. The fourth-order valence-electron chi connectivity index (χ4n) is 5.35. The highest BCUT2D eigenvalue weighted by atomic mass is 19.4. The van der Waals surface area contributed by atoms with Gasteiger partial charge in [0.15, 0.2) is 5.78 Å². The maximum absolute atomic E-state index is 13.9. The van der Waals surface area contributed by atoms with Crippen molar-refractivity contribution in [3.63, 3.8) is 0 Å². The number of aromatic nitrogens is 1. The Bertz CT molecular complexity index is 1350. The number of amides is 3. The van der Waals surface area contributed by atoms with Crippen molar-refractivity contribution in [2.75, 3.05) is 33.3 Å². The molecule has 0 unspecified atom stereocenters. The van der Waals surface area contributed by atoms with Gasteiger partial charge in [0.25, 0.3) is 11.8 Å². The van der Waals surface area contributed by atoms with E-state index in [1.165, 1.54) is 12.1 Å². The third-order valence-corrected chi connectivity index (χ3v) is 7.77. The summed E-state index contributed by atoms with van der Waals surface area (Å²) in [6.07, 6.45) is -3.49. The van der Waals surface area contributed by atoms with Crippen LogP contribution in [0.25, 0.3) is 0 Å². The van der Waals surface area contributed by atoms with Gasteiger partial charge in [-0.1, -0.05) is 0 Å². The molecule has 1 N–H and O–H groups in total. The van der Waals surface area contributed by atoms with Crippen LogP contribution in [0.5, 0.6) is 5.75 Å². The van der Waals surface area contributed by atoms with E-state index in [1.807, 2.05) is 0 Å². The van der Waals surface area contributed by atoms with Crippen LogP contribution in [-0.4, -0.2) is 89.6 Å². The second kappa shape index (κ2) is 13.2. The Hall–Kier alpha value is -4.16. The number of halogens is 3. The van der Waals surface area contributed by atoms with Gasteiger partial charge in [-0.3, -0.25) is 19.4 Å².